The molecule has 0 unspecified atom stereocenters. The van der Waals surface area contributed by atoms with Crippen LogP contribution in [0.3, 0.4) is 0 Å². The van der Waals surface area contributed by atoms with Gasteiger partial charge in [0.2, 0.25) is 0 Å². The number of thioether (sulfide) groups is 1. The molecule has 0 aliphatic heterocycles. The fourth-order valence-corrected chi connectivity index (χ4v) is 3.16. The SMILES string of the molecule is Cc1nc2ccccc2n1CCSc1ccccc1F. The van der Waals surface area contributed by atoms with E-state index in [1.807, 2.05) is 37.3 Å². The van der Waals surface area contributed by atoms with Crippen molar-refractivity contribution >= 4 is 22.8 Å². The lowest BCUT2D eigenvalue weighted by atomic mass is 10.3. The fourth-order valence-electron chi connectivity index (χ4n) is 2.29. The number of fused-ring (bicyclic) bond motifs is 1. The molecule has 1 heterocycles. The lowest BCUT2D eigenvalue weighted by Crippen LogP contribution is -2.02. The summed E-state index contributed by atoms with van der Waals surface area (Å²) < 4.78 is 15.7. The minimum absolute atomic E-state index is 0.148. The van der Waals surface area contributed by atoms with Gasteiger partial charge in [-0.2, -0.15) is 0 Å². The Labute approximate surface area is 121 Å². The van der Waals surface area contributed by atoms with E-state index in [0.717, 1.165) is 29.2 Å². The van der Waals surface area contributed by atoms with Crippen molar-refractivity contribution in [1.82, 2.24) is 9.55 Å². The molecule has 0 fully saturated rings. The molecule has 2 aromatic carbocycles. The van der Waals surface area contributed by atoms with Crippen molar-refractivity contribution in [3.63, 3.8) is 0 Å². The van der Waals surface area contributed by atoms with Crippen molar-refractivity contribution in [3.05, 3.63) is 60.2 Å². The lowest BCUT2D eigenvalue weighted by Gasteiger charge is -2.07. The van der Waals surface area contributed by atoms with Crippen LogP contribution in [-0.2, 0) is 6.54 Å². The highest BCUT2D eigenvalue weighted by atomic mass is 32.2. The highest BCUT2D eigenvalue weighted by molar-refractivity contribution is 7.99. The fraction of sp³-hybridized carbons (Fsp3) is 0.188. The van der Waals surface area contributed by atoms with E-state index in [2.05, 4.69) is 15.6 Å². The number of hydrogen-bond acceptors (Lipinski definition) is 2. The molecular formula is C16H15FN2S. The summed E-state index contributed by atoms with van der Waals surface area (Å²) in [7, 11) is 0. The average Bonchev–Trinajstić information content (AvgIpc) is 2.77. The molecule has 0 aliphatic rings. The molecule has 0 amide bonds. The maximum absolute atomic E-state index is 13.5. The number of benzene rings is 2. The van der Waals surface area contributed by atoms with Crippen LogP contribution in [0.4, 0.5) is 4.39 Å². The molecule has 20 heavy (non-hydrogen) atoms. The number of halogens is 1. The first-order valence-electron chi connectivity index (χ1n) is 6.55. The maximum atomic E-state index is 13.5. The van der Waals surface area contributed by atoms with Gasteiger partial charge in [0.25, 0.3) is 0 Å². The summed E-state index contributed by atoms with van der Waals surface area (Å²) in [6, 6.07) is 15.0. The van der Waals surface area contributed by atoms with Crippen LogP contribution in [-0.4, -0.2) is 15.3 Å². The monoisotopic (exact) mass is 286 g/mol. The summed E-state index contributed by atoms with van der Waals surface area (Å²) in [4.78, 5) is 5.24. The van der Waals surface area contributed by atoms with E-state index < -0.39 is 0 Å². The molecule has 3 aromatic rings. The van der Waals surface area contributed by atoms with E-state index in [9.17, 15) is 4.39 Å². The van der Waals surface area contributed by atoms with Crippen molar-refractivity contribution in [2.75, 3.05) is 5.75 Å². The molecule has 2 nitrogen and oxygen atoms in total. The van der Waals surface area contributed by atoms with E-state index in [0.29, 0.717) is 4.90 Å². The number of para-hydroxylation sites is 2. The normalized spacial score (nSPS) is 11.1. The predicted octanol–water partition coefficient (Wildman–Crippen LogP) is 4.28. The first-order valence-corrected chi connectivity index (χ1v) is 7.53. The molecule has 0 saturated heterocycles. The van der Waals surface area contributed by atoms with E-state index in [1.165, 1.54) is 17.8 Å². The Morgan fingerprint density at radius 3 is 2.70 bits per heavy atom. The third kappa shape index (κ3) is 2.56. The van der Waals surface area contributed by atoms with Crippen molar-refractivity contribution in [2.24, 2.45) is 0 Å². The van der Waals surface area contributed by atoms with Crippen LogP contribution in [0.5, 0.6) is 0 Å². The van der Waals surface area contributed by atoms with Gasteiger partial charge in [0.15, 0.2) is 0 Å². The zero-order chi connectivity index (χ0) is 13.9. The standard InChI is InChI=1S/C16H15FN2S/c1-12-18-14-7-3-4-8-15(14)19(12)10-11-20-16-9-5-2-6-13(16)17/h2-9H,10-11H2,1H3. The zero-order valence-electron chi connectivity index (χ0n) is 11.2. The molecular weight excluding hydrogens is 271 g/mol. The van der Waals surface area contributed by atoms with Crippen LogP contribution < -0.4 is 0 Å². The van der Waals surface area contributed by atoms with Crippen LogP contribution in [0, 0.1) is 12.7 Å². The topological polar surface area (TPSA) is 17.8 Å². The predicted molar refractivity (Wildman–Crippen MR) is 81.6 cm³/mol. The maximum Gasteiger partial charge on any atom is 0.136 e. The molecule has 0 aliphatic carbocycles. The largest absolute Gasteiger partial charge is 0.327 e. The Morgan fingerprint density at radius 1 is 1.10 bits per heavy atom. The highest BCUT2D eigenvalue weighted by Crippen LogP contribution is 2.22. The average molecular weight is 286 g/mol. The number of imidazole rings is 1. The van der Waals surface area contributed by atoms with Gasteiger partial charge in [0.1, 0.15) is 11.6 Å². The summed E-state index contributed by atoms with van der Waals surface area (Å²) in [6.45, 7) is 2.83. The van der Waals surface area contributed by atoms with Crippen LogP contribution in [0.2, 0.25) is 0 Å². The molecule has 0 radical (unpaired) electrons. The van der Waals surface area contributed by atoms with Gasteiger partial charge in [0.05, 0.1) is 11.0 Å². The van der Waals surface area contributed by atoms with Crippen molar-refractivity contribution in [2.45, 2.75) is 18.4 Å². The van der Waals surface area contributed by atoms with Gasteiger partial charge in [-0.05, 0) is 31.2 Å². The number of aromatic nitrogens is 2. The quantitative estimate of drug-likeness (QED) is 0.666. The van der Waals surface area contributed by atoms with Gasteiger partial charge in [0, 0.05) is 17.2 Å². The summed E-state index contributed by atoms with van der Waals surface area (Å²) in [6.07, 6.45) is 0. The molecule has 0 atom stereocenters. The minimum Gasteiger partial charge on any atom is -0.327 e. The smallest absolute Gasteiger partial charge is 0.136 e. The van der Waals surface area contributed by atoms with E-state index in [1.54, 1.807) is 6.07 Å². The second kappa shape index (κ2) is 5.67. The van der Waals surface area contributed by atoms with Crippen molar-refractivity contribution in [1.29, 1.82) is 0 Å². The van der Waals surface area contributed by atoms with Gasteiger partial charge in [-0.1, -0.05) is 24.3 Å². The summed E-state index contributed by atoms with van der Waals surface area (Å²) in [5.74, 6) is 1.67. The number of rotatable bonds is 4. The third-order valence-corrected chi connectivity index (χ3v) is 4.28. The third-order valence-electron chi connectivity index (χ3n) is 3.25. The molecule has 3 rings (SSSR count). The second-order valence-electron chi connectivity index (χ2n) is 4.58. The van der Waals surface area contributed by atoms with Crippen LogP contribution >= 0.6 is 11.8 Å². The summed E-state index contributed by atoms with van der Waals surface area (Å²) in [5, 5.41) is 0. The Bertz CT molecular complexity index is 736. The molecule has 102 valence electrons. The van der Waals surface area contributed by atoms with Crippen molar-refractivity contribution < 1.29 is 4.39 Å². The molecule has 0 N–H and O–H groups in total. The van der Waals surface area contributed by atoms with Gasteiger partial charge >= 0.3 is 0 Å². The minimum atomic E-state index is -0.148. The Balaban J connectivity index is 1.74. The van der Waals surface area contributed by atoms with Gasteiger partial charge in [-0.15, -0.1) is 11.8 Å². The number of hydrogen-bond donors (Lipinski definition) is 0. The second-order valence-corrected chi connectivity index (χ2v) is 5.72. The lowest BCUT2D eigenvalue weighted by molar-refractivity contribution is 0.602. The number of nitrogens with zero attached hydrogens (tertiary/aromatic N) is 2. The van der Waals surface area contributed by atoms with Gasteiger partial charge in [-0.25, -0.2) is 9.37 Å². The highest BCUT2D eigenvalue weighted by Gasteiger charge is 2.07. The Kier molecular flexibility index (Phi) is 3.74. The first-order chi connectivity index (χ1) is 9.75. The molecule has 0 saturated carbocycles. The summed E-state index contributed by atoms with van der Waals surface area (Å²) >= 11 is 1.54. The van der Waals surface area contributed by atoms with Crippen LogP contribution in [0.1, 0.15) is 5.82 Å². The van der Waals surface area contributed by atoms with E-state index in [4.69, 9.17) is 0 Å². The molecule has 4 heteroatoms. The Hall–Kier alpha value is -1.81. The first kappa shape index (κ1) is 13.2. The molecule has 1 aromatic heterocycles. The summed E-state index contributed by atoms with van der Waals surface area (Å²) in [5.41, 5.74) is 2.15. The van der Waals surface area contributed by atoms with Crippen LogP contribution in [0.15, 0.2) is 53.4 Å². The van der Waals surface area contributed by atoms with Gasteiger partial charge < -0.3 is 4.57 Å². The van der Waals surface area contributed by atoms with Crippen LogP contribution in [0.25, 0.3) is 11.0 Å². The van der Waals surface area contributed by atoms with Crippen molar-refractivity contribution in [3.8, 4) is 0 Å². The molecule has 0 bridgehead atoms. The Morgan fingerprint density at radius 2 is 1.85 bits per heavy atom. The number of aryl methyl sites for hydroxylation is 2. The van der Waals surface area contributed by atoms with Gasteiger partial charge in [-0.3, -0.25) is 0 Å². The molecule has 0 spiro atoms. The van der Waals surface area contributed by atoms with E-state index >= 15 is 0 Å². The van der Waals surface area contributed by atoms with E-state index in [-0.39, 0.29) is 5.82 Å². The zero-order valence-corrected chi connectivity index (χ0v) is 12.0.